The quantitative estimate of drug-likeness (QED) is 0.705. The zero-order valence-electron chi connectivity index (χ0n) is 8.26. The highest BCUT2D eigenvalue weighted by molar-refractivity contribution is 7.80. The maximum absolute atomic E-state index is 9.46. The van der Waals surface area contributed by atoms with Crippen LogP contribution in [0.25, 0.3) is 0 Å². The van der Waals surface area contributed by atoms with E-state index in [0.717, 1.165) is 24.2 Å². The second-order valence-corrected chi connectivity index (χ2v) is 4.09. The van der Waals surface area contributed by atoms with Gasteiger partial charge in [-0.25, -0.2) is 0 Å². The van der Waals surface area contributed by atoms with Gasteiger partial charge in [0.25, 0.3) is 0 Å². The van der Waals surface area contributed by atoms with Crippen LogP contribution in [0, 0.1) is 0 Å². The third kappa shape index (κ3) is 2.08. The average molecular weight is 223 g/mol. The van der Waals surface area contributed by atoms with E-state index in [2.05, 4.69) is 9.88 Å². The Hall–Kier alpha value is -1.20. The van der Waals surface area contributed by atoms with Crippen molar-refractivity contribution in [3.05, 3.63) is 24.0 Å². The van der Waals surface area contributed by atoms with Gasteiger partial charge in [-0.15, -0.1) is 0 Å². The van der Waals surface area contributed by atoms with Gasteiger partial charge in [0, 0.05) is 24.8 Å². The molecule has 0 spiro atoms. The van der Waals surface area contributed by atoms with Crippen LogP contribution in [0.3, 0.4) is 0 Å². The SMILES string of the molecule is NC(=S)c1ccncc1N1CCC(O)C1. The molecule has 0 radical (unpaired) electrons. The third-order valence-electron chi connectivity index (χ3n) is 2.57. The van der Waals surface area contributed by atoms with Crippen LogP contribution in [0.4, 0.5) is 5.69 Å². The van der Waals surface area contributed by atoms with Crippen LogP contribution in [-0.4, -0.2) is 34.3 Å². The van der Waals surface area contributed by atoms with Crippen molar-refractivity contribution in [3.8, 4) is 0 Å². The lowest BCUT2D eigenvalue weighted by Crippen LogP contribution is -2.24. The molecule has 1 aliphatic rings. The van der Waals surface area contributed by atoms with Crippen molar-refractivity contribution in [3.63, 3.8) is 0 Å². The van der Waals surface area contributed by atoms with E-state index >= 15 is 0 Å². The molecular weight excluding hydrogens is 210 g/mol. The Labute approximate surface area is 93.7 Å². The monoisotopic (exact) mass is 223 g/mol. The van der Waals surface area contributed by atoms with Gasteiger partial charge in [0.15, 0.2) is 0 Å². The Morgan fingerprint density at radius 2 is 2.47 bits per heavy atom. The Morgan fingerprint density at radius 3 is 3.07 bits per heavy atom. The number of nitrogens with zero attached hydrogens (tertiary/aromatic N) is 2. The van der Waals surface area contributed by atoms with Gasteiger partial charge in [-0.05, 0) is 12.5 Å². The number of aromatic nitrogens is 1. The van der Waals surface area contributed by atoms with E-state index in [4.69, 9.17) is 18.0 Å². The van der Waals surface area contributed by atoms with Crippen molar-refractivity contribution >= 4 is 22.9 Å². The normalized spacial score (nSPS) is 20.6. The van der Waals surface area contributed by atoms with Crippen LogP contribution in [0.2, 0.25) is 0 Å². The molecule has 0 saturated carbocycles. The molecule has 1 atom stereocenters. The maximum atomic E-state index is 9.46. The maximum Gasteiger partial charge on any atom is 0.106 e. The molecule has 0 aliphatic carbocycles. The first-order valence-electron chi connectivity index (χ1n) is 4.85. The molecule has 4 nitrogen and oxygen atoms in total. The molecule has 1 saturated heterocycles. The Kier molecular flexibility index (Phi) is 2.83. The lowest BCUT2D eigenvalue weighted by Gasteiger charge is -2.20. The zero-order chi connectivity index (χ0) is 10.8. The Morgan fingerprint density at radius 1 is 1.67 bits per heavy atom. The van der Waals surface area contributed by atoms with Crippen LogP contribution in [0.1, 0.15) is 12.0 Å². The second kappa shape index (κ2) is 4.12. The van der Waals surface area contributed by atoms with Crippen molar-refractivity contribution in [2.75, 3.05) is 18.0 Å². The minimum absolute atomic E-state index is 0.260. The number of rotatable bonds is 2. The largest absolute Gasteiger partial charge is 0.391 e. The molecule has 15 heavy (non-hydrogen) atoms. The summed E-state index contributed by atoms with van der Waals surface area (Å²) < 4.78 is 0. The highest BCUT2D eigenvalue weighted by atomic mass is 32.1. The van der Waals surface area contributed by atoms with Gasteiger partial charge in [0.05, 0.1) is 18.0 Å². The van der Waals surface area contributed by atoms with Crippen molar-refractivity contribution in [2.24, 2.45) is 5.73 Å². The van der Waals surface area contributed by atoms with Gasteiger partial charge in [0.2, 0.25) is 0 Å². The van der Waals surface area contributed by atoms with Crippen LogP contribution in [0.15, 0.2) is 18.5 Å². The lowest BCUT2D eigenvalue weighted by atomic mass is 10.2. The summed E-state index contributed by atoms with van der Waals surface area (Å²) in [4.78, 5) is 6.49. The minimum atomic E-state index is -0.260. The molecule has 1 aromatic heterocycles. The number of aliphatic hydroxyl groups excluding tert-OH is 1. The molecule has 2 rings (SSSR count). The summed E-state index contributed by atoms with van der Waals surface area (Å²) in [6.07, 6.45) is 3.94. The summed E-state index contributed by atoms with van der Waals surface area (Å²) >= 11 is 4.98. The van der Waals surface area contributed by atoms with Crippen molar-refractivity contribution in [2.45, 2.75) is 12.5 Å². The predicted molar refractivity (Wildman–Crippen MR) is 63.0 cm³/mol. The average Bonchev–Trinajstić information content (AvgIpc) is 2.65. The van der Waals surface area contributed by atoms with E-state index < -0.39 is 0 Å². The van der Waals surface area contributed by atoms with Crippen molar-refractivity contribution in [1.82, 2.24) is 4.98 Å². The van der Waals surface area contributed by atoms with E-state index in [0.29, 0.717) is 11.5 Å². The van der Waals surface area contributed by atoms with Crippen LogP contribution in [-0.2, 0) is 0 Å². The number of nitrogens with two attached hydrogens (primary N) is 1. The first-order valence-corrected chi connectivity index (χ1v) is 5.26. The fourth-order valence-corrected chi connectivity index (χ4v) is 1.98. The molecule has 1 aliphatic heterocycles. The van der Waals surface area contributed by atoms with E-state index in [1.165, 1.54) is 0 Å². The number of aliphatic hydroxyl groups is 1. The van der Waals surface area contributed by atoms with E-state index in [1.807, 2.05) is 6.07 Å². The highest BCUT2D eigenvalue weighted by Crippen LogP contribution is 2.23. The second-order valence-electron chi connectivity index (χ2n) is 3.65. The van der Waals surface area contributed by atoms with Gasteiger partial charge < -0.3 is 15.7 Å². The van der Waals surface area contributed by atoms with E-state index in [1.54, 1.807) is 12.4 Å². The first kappa shape index (κ1) is 10.3. The number of hydrogen-bond acceptors (Lipinski definition) is 4. The zero-order valence-corrected chi connectivity index (χ0v) is 9.07. The molecule has 1 fully saturated rings. The first-order chi connectivity index (χ1) is 7.18. The lowest BCUT2D eigenvalue weighted by molar-refractivity contribution is 0.198. The van der Waals surface area contributed by atoms with Gasteiger partial charge >= 0.3 is 0 Å². The van der Waals surface area contributed by atoms with E-state index in [-0.39, 0.29) is 6.10 Å². The van der Waals surface area contributed by atoms with Gasteiger partial charge in [0.1, 0.15) is 4.99 Å². The highest BCUT2D eigenvalue weighted by Gasteiger charge is 2.22. The number of pyridine rings is 1. The molecule has 5 heteroatoms. The van der Waals surface area contributed by atoms with Gasteiger partial charge in [-0.2, -0.15) is 0 Å². The number of hydrogen-bond donors (Lipinski definition) is 2. The fraction of sp³-hybridized carbons (Fsp3) is 0.400. The van der Waals surface area contributed by atoms with Crippen LogP contribution >= 0.6 is 12.2 Å². The molecule has 1 aromatic rings. The third-order valence-corrected chi connectivity index (χ3v) is 2.79. The number of anilines is 1. The van der Waals surface area contributed by atoms with Crippen LogP contribution < -0.4 is 10.6 Å². The summed E-state index contributed by atoms with van der Waals surface area (Å²) in [6.45, 7) is 1.45. The van der Waals surface area contributed by atoms with Crippen LogP contribution in [0.5, 0.6) is 0 Å². The topological polar surface area (TPSA) is 62.4 Å². The van der Waals surface area contributed by atoms with Crippen molar-refractivity contribution in [1.29, 1.82) is 0 Å². The molecule has 0 bridgehead atoms. The smallest absolute Gasteiger partial charge is 0.106 e. The van der Waals surface area contributed by atoms with Gasteiger partial charge in [-0.3, -0.25) is 4.98 Å². The molecule has 3 N–H and O–H groups in total. The minimum Gasteiger partial charge on any atom is -0.391 e. The summed E-state index contributed by atoms with van der Waals surface area (Å²) in [5, 5.41) is 9.46. The Balaban J connectivity index is 2.31. The predicted octanol–water partition coefficient (Wildman–Crippen LogP) is 0.287. The summed E-state index contributed by atoms with van der Waals surface area (Å²) in [5.74, 6) is 0. The number of β-amino-alcohol motifs (C(OH)–C–C–N with tert-alkyl or cyclic N) is 1. The van der Waals surface area contributed by atoms with Gasteiger partial charge in [-0.1, -0.05) is 12.2 Å². The summed E-state index contributed by atoms with van der Waals surface area (Å²) in [5.41, 5.74) is 7.38. The van der Waals surface area contributed by atoms with Crippen molar-refractivity contribution < 1.29 is 5.11 Å². The molecule has 80 valence electrons. The molecule has 0 amide bonds. The molecule has 2 heterocycles. The fourth-order valence-electron chi connectivity index (χ4n) is 1.81. The summed E-state index contributed by atoms with van der Waals surface area (Å²) in [7, 11) is 0. The number of thiocarbonyl (C=S) groups is 1. The standard InChI is InChI=1S/C10H13N3OS/c11-10(15)8-1-3-12-5-9(8)13-4-2-7(14)6-13/h1,3,5,7,14H,2,4,6H2,(H2,11,15). The molecular formula is C10H13N3OS. The Bertz CT molecular complexity index is 383. The van der Waals surface area contributed by atoms with E-state index in [9.17, 15) is 5.11 Å². The molecule has 0 aromatic carbocycles. The molecule has 1 unspecified atom stereocenters. The summed E-state index contributed by atoms with van der Waals surface area (Å²) in [6, 6.07) is 1.81.